The summed E-state index contributed by atoms with van der Waals surface area (Å²) in [6.45, 7) is -0.434. The van der Waals surface area contributed by atoms with Gasteiger partial charge in [-0.1, -0.05) is 36.4 Å². The number of para-hydroxylation sites is 1. The minimum Gasteiger partial charge on any atom is -0.355 e. The fourth-order valence-corrected chi connectivity index (χ4v) is 3.99. The lowest BCUT2D eigenvalue weighted by Gasteiger charge is -2.22. The second-order valence-corrected chi connectivity index (χ2v) is 7.06. The molecule has 1 unspecified atom stereocenters. The molecule has 0 bridgehead atoms. The van der Waals surface area contributed by atoms with Gasteiger partial charge in [0.25, 0.3) is 11.8 Å². The van der Waals surface area contributed by atoms with Crippen molar-refractivity contribution in [3.63, 3.8) is 0 Å². The van der Waals surface area contributed by atoms with E-state index in [1.807, 2.05) is 24.3 Å². The summed E-state index contributed by atoms with van der Waals surface area (Å²) in [5, 5.41) is 7.91. The molecule has 3 N–H and O–H groups in total. The maximum absolute atomic E-state index is 13.1. The topological polar surface area (TPSA) is 108 Å². The average Bonchev–Trinajstić information content (AvgIpc) is 3.21. The number of carbonyl (C=O) groups is 4. The van der Waals surface area contributed by atoms with Crippen molar-refractivity contribution in [1.29, 1.82) is 0 Å². The predicted molar refractivity (Wildman–Crippen MR) is 105 cm³/mol. The van der Waals surface area contributed by atoms with E-state index in [1.54, 1.807) is 24.3 Å². The Morgan fingerprint density at radius 3 is 2.62 bits per heavy atom. The third-order valence-corrected chi connectivity index (χ3v) is 5.40. The van der Waals surface area contributed by atoms with Gasteiger partial charge in [0.1, 0.15) is 12.1 Å². The smallest absolute Gasteiger partial charge is 0.325 e. The maximum Gasteiger partial charge on any atom is 0.325 e. The van der Waals surface area contributed by atoms with Gasteiger partial charge in [-0.25, -0.2) is 4.79 Å². The molecule has 1 spiro atoms. The number of hydrogen-bond donors (Lipinski definition) is 3. The summed E-state index contributed by atoms with van der Waals surface area (Å²) < 4.78 is 0. The number of anilines is 1. The van der Waals surface area contributed by atoms with Crippen LogP contribution < -0.4 is 16.0 Å². The van der Waals surface area contributed by atoms with Gasteiger partial charge in [0.15, 0.2) is 0 Å². The second-order valence-electron chi connectivity index (χ2n) is 7.06. The van der Waals surface area contributed by atoms with Crippen LogP contribution in [-0.2, 0) is 21.5 Å². The molecule has 148 valence electrons. The van der Waals surface area contributed by atoms with Crippen molar-refractivity contribution in [2.75, 3.05) is 18.9 Å². The normalized spacial score (nSPS) is 19.8. The zero-order chi connectivity index (χ0) is 20.6. The molecule has 8 heteroatoms. The van der Waals surface area contributed by atoms with Crippen LogP contribution in [0.15, 0.2) is 48.5 Å². The van der Waals surface area contributed by atoms with E-state index in [0.29, 0.717) is 24.1 Å². The van der Waals surface area contributed by atoms with Crippen molar-refractivity contribution < 1.29 is 19.2 Å². The Morgan fingerprint density at radius 1 is 1.10 bits per heavy atom. The maximum atomic E-state index is 13.1. The van der Waals surface area contributed by atoms with Gasteiger partial charge in [-0.15, -0.1) is 0 Å². The first-order valence-electron chi connectivity index (χ1n) is 9.30. The molecule has 29 heavy (non-hydrogen) atoms. The first-order chi connectivity index (χ1) is 14.0. The lowest BCUT2D eigenvalue weighted by atomic mass is 9.92. The van der Waals surface area contributed by atoms with Gasteiger partial charge in [0.2, 0.25) is 5.91 Å². The highest BCUT2D eigenvalue weighted by Gasteiger charge is 2.55. The first kappa shape index (κ1) is 18.7. The molecule has 0 aromatic heterocycles. The number of fused-ring (bicyclic) bond motifs is 2. The minimum atomic E-state index is -1.10. The minimum absolute atomic E-state index is 0.293. The number of benzene rings is 2. The first-order valence-corrected chi connectivity index (χ1v) is 9.30. The molecule has 0 radical (unpaired) electrons. The highest BCUT2D eigenvalue weighted by Crippen LogP contribution is 2.41. The molecule has 1 fully saturated rings. The Kier molecular flexibility index (Phi) is 4.54. The largest absolute Gasteiger partial charge is 0.355 e. The number of amides is 5. The van der Waals surface area contributed by atoms with Crippen molar-refractivity contribution in [3.05, 3.63) is 65.2 Å². The van der Waals surface area contributed by atoms with Gasteiger partial charge in [0.05, 0.1) is 11.3 Å². The Labute approximate surface area is 167 Å². The summed E-state index contributed by atoms with van der Waals surface area (Å²) in [7, 11) is 1.49. The van der Waals surface area contributed by atoms with Crippen molar-refractivity contribution in [3.8, 4) is 0 Å². The molecule has 1 heterocycles. The fourth-order valence-electron chi connectivity index (χ4n) is 3.99. The average molecular weight is 392 g/mol. The number of rotatable bonds is 4. The number of urea groups is 1. The summed E-state index contributed by atoms with van der Waals surface area (Å²) in [5.41, 5.74) is 1.30. The van der Waals surface area contributed by atoms with Crippen LogP contribution in [-0.4, -0.2) is 42.2 Å². The Bertz CT molecular complexity index is 1030. The lowest BCUT2D eigenvalue weighted by molar-refractivity contribution is -0.134. The Balaban J connectivity index is 1.53. The summed E-state index contributed by atoms with van der Waals surface area (Å²) >= 11 is 0. The molecule has 5 amide bonds. The van der Waals surface area contributed by atoms with Gasteiger partial charge in [-0.05, 0) is 36.1 Å². The summed E-state index contributed by atoms with van der Waals surface area (Å²) in [4.78, 5) is 51.1. The quantitative estimate of drug-likeness (QED) is 0.683. The highest BCUT2D eigenvalue weighted by atomic mass is 16.2. The number of hydrogen-bond acceptors (Lipinski definition) is 4. The molecule has 2 aliphatic rings. The second kappa shape index (κ2) is 7.05. The van der Waals surface area contributed by atoms with Crippen molar-refractivity contribution in [2.24, 2.45) is 0 Å². The molecular weight excluding hydrogens is 372 g/mol. The Morgan fingerprint density at radius 2 is 1.83 bits per heavy atom. The molecule has 1 aliphatic heterocycles. The molecule has 1 aliphatic carbocycles. The number of nitrogens with one attached hydrogen (secondary N) is 3. The van der Waals surface area contributed by atoms with E-state index in [2.05, 4.69) is 16.0 Å². The van der Waals surface area contributed by atoms with Crippen LogP contribution in [0.3, 0.4) is 0 Å². The molecule has 8 nitrogen and oxygen atoms in total. The van der Waals surface area contributed by atoms with Gasteiger partial charge < -0.3 is 16.0 Å². The van der Waals surface area contributed by atoms with Crippen LogP contribution in [0.25, 0.3) is 0 Å². The molecule has 2 aromatic carbocycles. The summed E-state index contributed by atoms with van der Waals surface area (Å²) in [5.74, 6) is -1.34. The molecule has 1 saturated heterocycles. The number of carbonyl (C=O) groups excluding carboxylic acids is 4. The van der Waals surface area contributed by atoms with Crippen molar-refractivity contribution in [2.45, 2.75) is 18.4 Å². The van der Waals surface area contributed by atoms with Gasteiger partial charge >= 0.3 is 6.03 Å². The van der Waals surface area contributed by atoms with Crippen LogP contribution in [0.4, 0.5) is 10.5 Å². The third-order valence-electron chi connectivity index (χ3n) is 5.40. The number of imide groups is 1. The molecule has 2 aromatic rings. The van der Waals surface area contributed by atoms with Crippen LogP contribution in [0.1, 0.15) is 27.9 Å². The van der Waals surface area contributed by atoms with E-state index in [9.17, 15) is 19.2 Å². The van der Waals surface area contributed by atoms with E-state index in [1.165, 1.54) is 7.05 Å². The lowest BCUT2D eigenvalue weighted by Crippen LogP contribution is -2.43. The van der Waals surface area contributed by atoms with E-state index >= 15 is 0 Å². The van der Waals surface area contributed by atoms with E-state index in [-0.39, 0.29) is 5.91 Å². The highest BCUT2D eigenvalue weighted by molar-refractivity contribution is 6.11. The third kappa shape index (κ3) is 3.02. The predicted octanol–water partition coefficient (Wildman–Crippen LogP) is 1.38. The van der Waals surface area contributed by atoms with Crippen LogP contribution in [0.2, 0.25) is 0 Å². The van der Waals surface area contributed by atoms with Gasteiger partial charge in [0, 0.05) is 7.05 Å². The van der Waals surface area contributed by atoms with Crippen molar-refractivity contribution in [1.82, 2.24) is 15.5 Å². The molecule has 0 saturated carbocycles. The van der Waals surface area contributed by atoms with Gasteiger partial charge in [-0.3, -0.25) is 19.3 Å². The van der Waals surface area contributed by atoms with Crippen LogP contribution in [0, 0.1) is 0 Å². The molecule has 4 rings (SSSR count). The fraction of sp³-hybridized carbons (Fsp3) is 0.238. The molecular formula is C21H20N4O4. The Hall–Kier alpha value is -3.68. The zero-order valence-corrected chi connectivity index (χ0v) is 15.8. The standard InChI is InChI=1S/C21H20N4O4/c1-22-18(27)14-7-3-5-9-16(14)23-17(26)12-25-19(28)21(24-20(25)29)11-10-13-6-2-4-8-15(13)21/h2-9H,10-12H2,1H3,(H,22,27)(H,23,26)(H,24,29). The number of aryl methyl sites for hydroxylation is 1. The van der Waals surface area contributed by atoms with E-state index < -0.39 is 29.9 Å². The SMILES string of the molecule is CNC(=O)c1ccccc1NC(=O)CN1C(=O)NC2(CCc3ccccc32)C1=O. The summed E-state index contributed by atoms with van der Waals surface area (Å²) in [6.07, 6.45) is 1.15. The van der Waals surface area contributed by atoms with Gasteiger partial charge in [-0.2, -0.15) is 0 Å². The zero-order valence-electron chi connectivity index (χ0n) is 15.8. The number of nitrogens with zero attached hydrogens (tertiary/aromatic N) is 1. The molecule has 1 atom stereocenters. The summed E-state index contributed by atoms with van der Waals surface area (Å²) in [6, 6.07) is 13.4. The van der Waals surface area contributed by atoms with Crippen LogP contribution in [0.5, 0.6) is 0 Å². The van der Waals surface area contributed by atoms with Crippen molar-refractivity contribution >= 4 is 29.4 Å². The van der Waals surface area contributed by atoms with Crippen LogP contribution >= 0.6 is 0 Å². The van der Waals surface area contributed by atoms with E-state index in [4.69, 9.17) is 0 Å². The monoisotopic (exact) mass is 392 g/mol. The van der Waals surface area contributed by atoms with E-state index in [0.717, 1.165) is 16.0 Å².